The molecule has 0 aliphatic rings. The summed E-state index contributed by atoms with van der Waals surface area (Å²) in [6.07, 6.45) is 0. The van der Waals surface area contributed by atoms with Crippen molar-refractivity contribution >= 4 is 39.2 Å². The van der Waals surface area contributed by atoms with Crippen LogP contribution in [0.1, 0.15) is 34.6 Å². The zero-order valence-electron chi connectivity index (χ0n) is 15.6. The van der Waals surface area contributed by atoms with Gasteiger partial charge in [0.2, 0.25) is 0 Å². The van der Waals surface area contributed by atoms with Gasteiger partial charge in [-0.05, 0) is 32.0 Å². The molecule has 3 rings (SSSR count). The number of carbonyl (C=O) groups excluding carboxylic acids is 3. The highest BCUT2D eigenvalue weighted by atomic mass is 32.1. The second kappa shape index (κ2) is 8.44. The molecule has 0 spiro atoms. The largest absolute Gasteiger partial charge is 0.465 e. The van der Waals surface area contributed by atoms with Gasteiger partial charge in [0.1, 0.15) is 12.4 Å². The number of hydrogen-bond donors (Lipinski definition) is 0. The molecule has 9 heteroatoms. The molecule has 1 heterocycles. The van der Waals surface area contributed by atoms with E-state index in [1.165, 1.54) is 35.8 Å². The van der Waals surface area contributed by atoms with Crippen LogP contribution in [0, 0.1) is 11.6 Å². The van der Waals surface area contributed by atoms with E-state index < -0.39 is 23.5 Å². The van der Waals surface area contributed by atoms with Crippen LogP contribution < -0.4 is 4.80 Å². The highest BCUT2D eigenvalue weighted by Gasteiger charge is 2.17. The third-order valence-electron chi connectivity index (χ3n) is 4.02. The number of rotatable bonds is 5. The SMILES string of the molecule is CCOC(=O)Cn1c(=NC(=O)c2ccc(C(C)=O)cc2)sc2cc(F)cc(F)c21. The van der Waals surface area contributed by atoms with E-state index in [1.807, 2.05) is 0 Å². The predicted octanol–water partition coefficient (Wildman–Crippen LogP) is 3.49. The van der Waals surface area contributed by atoms with E-state index in [0.717, 1.165) is 17.4 Å². The Labute approximate surface area is 168 Å². The molecule has 0 unspecified atom stereocenters. The molecule has 0 atom stereocenters. The summed E-state index contributed by atoms with van der Waals surface area (Å²) in [5.74, 6) is -3.09. The number of esters is 1. The van der Waals surface area contributed by atoms with Crippen molar-refractivity contribution in [3.63, 3.8) is 0 Å². The predicted molar refractivity (Wildman–Crippen MR) is 103 cm³/mol. The number of halogens is 2. The topological polar surface area (TPSA) is 77.7 Å². The smallest absolute Gasteiger partial charge is 0.326 e. The van der Waals surface area contributed by atoms with Gasteiger partial charge in [0.25, 0.3) is 5.91 Å². The molecule has 0 aliphatic carbocycles. The standard InChI is InChI=1S/C20H16F2N2O4S/c1-3-28-17(26)10-24-18-15(22)8-14(21)9-16(18)29-20(24)23-19(27)13-6-4-12(5-7-13)11(2)25/h4-9H,3,10H2,1-2H3. The summed E-state index contributed by atoms with van der Waals surface area (Å²) in [5, 5.41) is 0. The van der Waals surface area contributed by atoms with Gasteiger partial charge in [0, 0.05) is 17.2 Å². The third-order valence-corrected chi connectivity index (χ3v) is 5.05. The van der Waals surface area contributed by atoms with Crippen LogP contribution in [0.2, 0.25) is 0 Å². The number of aromatic nitrogens is 1. The van der Waals surface area contributed by atoms with Crippen LogP contribution in [0.5, 0.6) is 0 Å². The van der Waals surface area contributed by atoms with Crippen molar-refractivity contribution in [2.24, 2.45) is 4.99 Å². The molecule has 0 aliphatic heterocycles. The van der Waals surface area contributed by atoms with E-state index in [9.17, 15) is 23.2 Å². The monoisotopic (exact) mass is 418 g/mol. The van der Waals surface area contributed by atoms with Gasteiger partial charge in [-0.1, -0.05) is 23.5 Å². The van der Waals surface area contributed by atoms with Crippen molar-refractivity contribution < 1.29 is 27.9 Å². The summed E-state index contributed by atoms with van der Waals surface area (Å²) in [6, 6.07) is 7.70. The number of ketones is 1. The Morgan fingerprint density at radius 2 is 1.76 bits per heavy atom. The van der Waals surface area contributed by atoms with Gasteiger partial charge in [0.15, 0.2) is 16.4 Å². The van der Waals surface area contributed by atoms with Crippen LogP contribution in [0.4, 0.5) is 8.78 Å². The number of fused-ring (bicyclic) bond motifs is 1. The number of nitrogens with zero attached hydrogens (tertiary/aromatic N) is 2. The van der Waals surface area contributed by atoms with E-state index in [-0.39, 0.29) is 39.5 Å². The Kier molecular flexibility index (Phi) is 5.97. The van der Waals surface area contributed by atoms with Crippen molar-refractivity contribution in [3.8, 4) is 0 Å². The fourth-order valence-corrected chi connectivity index (χ4v) is 3.76. The Hall–Kier alpha value is -3.20. The molecular weight excluding hydrogens is 402 g/mol. The quantitative estimate of drug-likeness (QED) is 0.469. The average Bonchev–Trinajstić information content (AvgIpc) is 2.98. The maximum Gasteiger partial charge on any atom is 0.326 e. The molecule has 1 aromatic heterocycles. The molecule has 3 aromatic rings. The Morgan fingerprint density at radius 3 is 2.38 bits per heavy atom. The number of Topliss-reactive ketones (excluding diaryl/α,β-unsaturated/α-hetero) is 1. The third kappa shape index (κ3) is 4.45. The van der Waals surface area contributed by atoms with Crippen LogP contribution in [0.15, 0.2) is 41.4 Å². The lowest BCUT2D eigenvalue weighted by Crippen LogP contribution is -2.23. The number of hydrogen-bond acceptors (Lipinski definition) is 5. The van der Waals surface area contributed by atoms with Crippen LogP contribution >= 0.6 is 11.3 Å². The number of thiazole rings is 1. The fourth-order valence-electron chi connectivity index (χ4n) is 2.70. The van der Waals surface area contributed by atoms with Gasteiger partial charge >= 0.3 is 5.97 Å². The Balaban J connectivity index is 2.11. The Bertz CT molecular complexity index is 1180. The highest BCUT2D eigenvalue weighted by Crippen LogP contribution is 2.22. The molecule has 0 bridgehead atoms. The molecule has 2 aromatic carbocycles. The van der Waals surface area contributed by atoms with Gasteiger partial charge in [-0.2, -0.15) is 4.99 Å². The van der Waals surface area contributed by atoms with Crippen molar-refractivity contribution in [3.05, 3.63) is 64.0 Å². The number of ether oxygens (including phenoxy) is 1. The molecule has 0 saturated carbocycles. The summed E-state index contributed by atoms with van der Waals surface area (Å²) in [6.45, 7) is 2.78. The molecule has 150 valence electrons. The van der Waals surface area contributed by atoms with E-state index in [1.54, 1.807) is 6.92 Å². The second-order valence-electron chi connectivity index (χ2n) is 6.06. The minimum Gasteiger partial charge on any atom is -0.465 e. The van der Waals surface area contributed by atoms with E-state index in [2.05, 4.69) is 4.99 Å². The molecule has 0 N–H and O–H groups in total. The lowest BCUT2D eigenvalue weighted by atomic mass is 10.1. The van der Waals surface area contributed by atoms with Crippen LogP contribution in [0.25, 0.3) is 10.2 Å². The van der Waals surface area contributed by atoms with Crippen LogP contribution in [-0.2, 0) is 16.1 Å². The van der Waals surface area contributed by atoms with Gasteiger partial charge in [-0.15, -0.1) is 0 Å². The van der Waals surface area contributed by atoms with Gasteiger partial charge in [0.05, 0.1) is 16.8 Å². The van der Waals surface area contributed by atoms with Gasteiger partial charge in [-0.25, -0.2) is 8.78 Å². The first-order chi connectivity index (χ1) is 13.8. The summed E-state index contributed by atoms with van der Waals surface area (Å²) < 4.78 is 34.3. The number of amides is 1. The normalized spacial score (nSPS) is 11.7. The summed E-state index contributed by atoms with van der Waals surface area (Å²) in [4.78, 5) is 39.9. The van der Waals surface area contributed by atoms with Gasteiger partial charge < -0.3 is 9.30 Å². The molecule has 6 nitrogen and oxygen atoms in total. The maximum atomic E-state index is 14.4. The Morgan fingerprint density at radius 1 is 1.10 bits per heavy atom. The van der Waals surface area contributed by atoms with Crippen molar-refractivity contribution in [2.75, 3.05) is 6.61 Å². The molecule has 0 saturated heterocycles. The molecule has 0 radical (unpaired) electrons. The minimum atomic E-state index is -0.875. The lowest BCUT2D eigenvalue weighted by molar-refractivity contribution is -0.143. The molecule has 1 amide bonds. The fraction of sp³-hybridized carbons (Fsp3) is 0.200. The van der Waals surface area contributed by atoms with Crippen molar-refractivity contribution in [1.82, 2.24) is 4.57 Å². The second-order valence-corrected chi connectivity index (χ2v) is 7.07. The number of carbonyl (C=O) groups is 3. The first-order valence-corrected chi connectivity index (χ1v) is 9.46. The highest BCUT2D eigenvalue weighted by molar-refractivity contribution is 7.16. The summed E-state index contributed by atoms with van der Waals surface area (Å²) in [5.41, 5.74) is 0.614. The summed E-state index contributed by atoms with van der Waals surface area (Å²) in [7, 11) is 0. The van der Waals surface area contributed by atoms with E-state index >= 15 is 0 Å². The molecule has 0 fully saturated rings. The zero-order chi connectivity index (χ0) is 21.1. The van der Waals surface area contributed by atoms with Gasteiger partial charge in [-0.3, -0.25) is 14.4 Å². The first kappa shape index (κ1) is 20.5. The van der Waals surface area contributed by atoms with Crippen LogP contribution in [0.3, 0.4) is 0 Å². The lowest BCUT2D eigenvalue weighted by Gasteiger charge is -2.06. The van der Waals surface area contributed by atoms with E-state index in [4.69, 9.17) is 4.74 Å². The molecule has 29 heavy (non-hydrogen) atoms. The summed E-state index contributed by atoms with van der Waals surface area (Å²) >= 11 is 0.877. The molecular formula is C20H16F2N2O4S. The van der Waals surface area contributed by atoms with Crippen molar-refractivity contribution in [1.29, 1.82) is 0 Å². The minimum absolute atomic E-state index is 0.0261. The van der Waals surface area contributed by atoms with E-state index in [0.29, 0.717) is 11.6 Å². The first-order valence-electron chi connectivity index (χ1n) is 8.64. The zero-order valence-corrected chi connectivity index (χ0v) is 16.4. The number of benzene rings is 2. The van der Waals surface area contributed by atoms with Crippen molar-refractivity contribution in [2.45, 2.75) is 20.4 Å². The average molecular weight is 418 g/mol. The maximum absolute atomic E-state index is 14.4. The van der Waals surface area contributed by atoms with Crippen LogP contribution in [-0.4, -0.2) is 28.8 Å².